The maximum absolute atomic E-state index is 12.8. The van der Waals surface area contributed by atoms with Gasteiger partial charge in [-0.1, -0.05) is 18.2 Å². The van der Waals surface area contributed by atoms with Crippen LogP contribution in [0.3, 0.4) is 0 Å². The Morgan fingerprint density at radius 3 is 2.67 bits per heavy atom. The molecule has 3 rings (SSSR count). The largest absolute Gasteiger partial charge is 0.361 e. The van der Waals surface area contributed by atoms with Gasteiger partial charge in [0, 0.05) is 56.4 Å². The number of piperidine rings is 1. The first-order chi connectivity index (χ1) is 11.5. The summed E-state index contributed by atoms with van der Waals surface area (Å²) in [4.78, 5) is 40.6. The van der Waals surface area contributed by atoms with Crippen LogP contribution in [0.2, 0.25) is 0 Å². The van der Waals surface area contributed by atoms with Gasteiger partial charge in [-0.15, -0.1) is 0 Å². The van der Waals surface area contributed by atoms with Crippen LogP contribution >= 0.6 is 0 Å². The molecule has 24 heavy (non-hydrogen) atoms. The van der Waals surface area contributed by atoms with Crippen LogP contribution in [-0.4, -0.2) is 46.6 Å². The number of hydrogen-bond acceptors (Lipinski definition) is 3. The van der Waals surface area contributed by atoms with Crippen molar-refractivity contribution in [3.05, 3.63) is 36.0 Å². The molecular formula is C18H21N3O3. The number of nitrogens with zero attached hydrogens (tertiary/aromatic N) is 1. The lowest BCUT2D eigenvalue weighted by Crippen LogP contribution is -2.51. The number of ketones is 1. The van der Waals surface area contributed by atoms with Crippen LogP contribution in [0, 0.1) is 0 Å². The molecule has 0 spiro atoms. The molecule has 0 saturated carbocycles. The summed E-state index contributed by atoms with van der Waals surface area (Å²) in [6.07, 6.45) is 3.09. The third-order valence-corrected chi connectivity index (χ3v) is 4.41. The number of benzene rings is 1. The highest BCUT2D eigenvalue weighted by atomic mass is 16.2. The zero-order valence-electron chi connectivity index (χ0n) is 13.7. The number of likely N-dealkylation sites (tertiary alicyclic amines) is 1. The number of aromatic amines is 1. The number of amides is 2. The summed E-state index contributed by atoms with van der Waals surface area (Å²) in [7, 11) is 0. The normalized spacial score (nSPS) is 16.2. The minimum Gasteiger partial charge on any atom is -0.361 e. The van der Waals surface area contributed by atoms with Gasteiger partial charge < -0.3 is 15.2 Å². The molecule has 2 N–H and O–H groups in total. The summed E-state index contributed by atoms with van der Waals surface area (Å²) in [6.45, 7) is 2.28. The minimum absolute atomic E-state index is 0.122. The van der Waals surface area contributed by atoms with E-state index in [1.807, 2.05) is 30.5 Å². The lowest BCUT2D eigenvalue weighted by Gasteiger charge is -2.30. The van der Waals surface area contributed by atoms with Crippen molar-refractivity contribution in [3.63, 3.8) is 0 Å². The van der Waals surface area contributed by atoms with Gasteiger partial charge in [-0.2, -0.15) is 0 Å². The fourth-order valence-electron chi connectivity index (χ4n) is 3.16. The molecule has 1 aromatic carbocycles. The number of carbonyl (C=O) groups is 3. The zero-order valence-corrected chi connectivity index (χ0v) is 13.7. The summed E-state index contributed by atoms with van der Waals surface area (Å²) < 4.78 is 0. The third-order valence-electron chi connectivity index (χ3n) is 4.41. The fraction of sp³-hybridized carbons (Fsp3) is 0.389. The molecule has 0 bridgehead atoms. The molecule has 1 atom stereocenters. The number of carbonyl (C=O) groups excluding carboxylic acids is 3. The summed E-state index contributed by atoms with van der Waals surface area (Å²) in [5.74, 6) is -0.170. The molecule has 1 aliphatic rings. The van der Waals surface area contributed by atoms with E-state index in [0.717, 1.165) is 16.5 Å². The van der Waals surface area contributed by atoms with Crippen LogP contribution in [0.15, 0.2) is 30.5 Å². The van der Waals surface area contributed by atoms with Gasteiger partial charge in [-0.25, -0.2) is 0 Å². The van der Waals surface area contributed by atoms with Crippen molar-refractivity contribution in [2.24, 2.45) is 0 Å². The average Bonchev–Trinajstić information content (AvgIpc) is 2.97. The summed E-state index contributed by atoms with van der Waals surface area (Å²) in [6, 6.07) is 7.25. The maximum atomic E-state index is 12.8. The van der Waals surface area contributed by atoms with Crippen molar-refractivity contribution in [1.82, 2.24) is 15.2 Å². The number of fused-ring (bicyclic) bond motifs is 1. The van der Waals surface area contributed by atoms with E-state index in [4.69, 9.17) is 0 Å². The van der Waals surface area contributed by atoms with Crippen molar-refractivity contribution in [3.8, 4) is 0 Å². The second kappa shape index (κ2) is 6.86. The first kappa shape index (κ1) is 16.2. The SMILES string of the molecule is CC(=O)N[C@@H](Cc1c[nH]c2ccccc12)C(=O)N1CCC(=O)CC1. The van der Waals surface area contributed by atoms with Crippen LogP contribution in [0.25, 0.3) is 10.9 Å². The monoisotopic (exact) mass is 327 g/mol. The molecular weight excluding hydrogens is 306 g/mol. The van der Waals surface area contributed by atoms with Gasteiger partial charge in [0.15, 0.2) is 0 Å². The smallest absolute Gasteiger partial charge is 0.245 e. The van der Waals surface area contributed by atoms with Crippen LogP contribution in [0.5, 0.6) is 0 Å². The highest BCUT2D eigenvalue weighted by Gasteiger charge is 2.28. The van der Waals surface area contributed by atoms with E-state index in [9.17, 15) is 14.4 Å². The van der Waals surface area contributed by atoms with Gasteiger partial charge in [0.2, 0.25) is 11.8 Å². The average molecular weight is 327 g/mol. The second-order valence-corrected chi connectivity index (χ2v) is 6.18. The second-order valence-electron chi connectivity index (χ2n) is 6.18. The van der Waals surface area contributed by atoms with Gasteiger partial charge >= 0.3 is 0 Å². The Kier molecular flexibility index (Phi) is 4.64. The molecule has 1 saturated heterocycles. The molecule has 2 aromatic rings. The molecule has 6 heteroatoms. The van der Waals surface area contributed by atoms with Crippen LogP contribution in [0.1, 0.15) is 25.3 Å². The summed E-state index contributed by atoms with van der Waals surface area (Å²) >= 11 is 0. The van der Waals surface area contributed by atoms with Crippen molar-refractivity contribution >= 4 is 28.5 Å². The molecule has 0 radical (unpaired) electrons. The molecule has 2 amide bonds. The zero-order chi connectivity index (χ0) is 17.1. The molecule has 1 aromatic heterocycles. The van der Waals surface area contributed by atoms with Gasteiger partial charge in [0.05, 0.1) is 0 Å². The molecule has 126 valence electrons. The third kappa shape index (κ3) is 3.48. The van der Waals surface area contributed by atoms with E-state index >= 15 is 0 Å². The number of para-hydroxylation sites is 1. The van der Waals surface area contributed by atoms with Crippen molar-refractivity contribution < 1.29 is 14.4 Å². The van der Waals surface area contributed by atoms with E-state index < -0.39 is 6.04 Å². The maximum Gasteiger partial charge on any atom is 0.245 e. The molecule has 1 aliphatic heterocycles. The molecule has 0 aliphatic carbocycles. The summed E-state index contributed by atoms with van der Waals surface area (Å²) in [5.41, 5.74) is 2.00. The Morgan fingerprint density at radius 1 is 1.25 bits per heavy atom. The lowest BCUT2D eigenvalue weighted by molar-refractivity contribution is -0.138. The number of aromatic nitrogens is 1. The van der Waals surface area contributed by atoms with Crippen molar-refractivity contribution in [1.29, 1.82) is 0 Å². The van der Waals surface area contributed by atoms with Crippen LogP contribution in [-0.2, 0) is 20.8 Å². The number of hydrogen-bond donors (Lipinski definition) is 2. The topological polar surface area (TPSA) is 82.3 Å². The molecule has 2 heterocycles. The Morgan fingerprint density at radius 2 is 1.96 bits per heavy atom. The van der Waals surface area contributed by atoms with E-state index in [1.165, 1.54) is 6.92 Å². The summed E-state index contributed by atoms with van der Waals surface area (Å²) in [5, 5.41) is 3.81. The van der Waals surface area contributed by atoms with Crippen LogP contribution < -0.4 is 5.32 Å². The first-order valence-electron chi connectivity index (χ1n) is 8.17. The van der Waals surface area contributed by atoms with Gasteiger partial charge in [0.25, 0.3) is 0 Å². The van der Waals surface area contributed by atoms with E-state index in [-0.39, 0.29) is 17.6 Å². The Bertz CT molecular complexity index is 771. The van der Waals surface area contributed by atoms with Crippen molar-refractivity contribution in [2.75, 3.05) is 13.1 Å². The number of H-pyrrole nitrogens is 1. The molecule has 6 nitrogen and oxygen atoms in total. The van der Waals surface area contributed by atoms with E-state index in [2.05, 4.69) is 10.3 Å². The number of nitrogens with one attached hydrogen (secondary N) is 2. The minimum atomic E-state index is -0.616. The highest BCUT2D eigenvalue weighted by Crippen LogP contribution is 2.20. The molecule has 0 unspecified atom stereocenters. The fourth-order valence-corrected chi connectivity index (χ4v) is 3.16. The van der Waals surface area contributed by atoms with Gasteiger partial charge in [0.1, 0.15) is 11.8 Å². The Hall–Kier alpha value is -2.63. The van der Waals surface area contributed by atoms with Crippen LogP contribution in [0.4, 0.5) is 0 Å². The predicted octanol–water partition coefficient (Wildman–Crippen LogP) is 1.41. The lowest BCUT2D eigenvalue weighted by atomic mass is 10.0. The Balaban J connectivity index is 1.79. The number of Topliss-reactive ketones (excluding diaryl/α,β-unsaturated/α-hetero) is 1. The van der Waals surface area contributed by atoms with E-state index in [0.29, 0.717) is 32.4 Å². The van der Waals surface area contributed by atoms with Gasteiger partial charge in [-0.05, 0) is 11.6 Å². The molecule has 1 fully saturated rings. The Labute approximate surface area is 140 Å². The van der Waals surface area contributed by atoms with Gasteiger partial charge in [-0.3, -0.25) is 14.4 Å². The standard InChI is InChI=1S/C18H21N3O3/c1-12(22)20-17(18(24)21-8-6-14(23)7-9-21)10-13-11-19-16-5-3-2-4-15(13)16/h2-5,11,17,19H,6-10H2,1H3,(H,20,22)/t17-/m0/s1. The predicted molar refractivity (Wildman–Crippen MR) is 90.4 cm³/mol. The quantitative estimate of drug-likeness (QED) is 0.891. The van der Waals surface area contributed by atoms with Crippen molar-refractivity contribution in [2.45, 2.75) is 32.2 Å². The first-order valence-corrected chi connectivity index (χ1v) is 8.17. The highest BCUT2D eigenvalue weighted by molar-refractivity contribution is 5.90. The number of rotatable bonds is 4. The van der Waals surface area contributed by atoms with E-state index in [1.54, 1.807) is 4.90 Å².